The maximum Gasteiger partial charge on any atom is 0.273 e. The van der Waals surface area contributed by atoms with Crippen molar-refractivity contribution in [2.75, 3.05) is 5.73 Å². The molecule has 3 atom stereocenters. The minimum absolute atomic E-state index is 0.0397. The summed E-state index contributed by atoms with van der Waals surface area (Å²) in [7, 11) is 0. The second kappa shape index (κ2) is 9.59. The number of fused-ring (bicyclic) bond motifs is 2. The Morgan fingerprint density at radius 3 is 2.54 bits per heavy atom. The highest BCUT2D eigenvalue weighted by atomic mass is 16.3. The van der Waals surface area contributed by atoms with Gasteiger partial charge in [0.25, 0.3) is 5.91 Å². The Kier molecular flexibility index (Phi) is 6.36. The van der Waals surface area contributed by atoms with Crippen LogP contribution in [0.25, 0.3) is 10.9 Å². The number of aryl methyl sites for hydroxylation is 1. The smallest absolute Gasteiger partial charge is 0.273 e. The quantitative estimate of drug-likeness (QED) is 0.440. The summed E-state index contributed by atoms with van der Waals surface area (Å²) >= 11 is 0. The van der Waals surface area contributed by atoms with Crippen LogP contribution in [0.3, 0.4) is 0 Å². The summed E-state index contributed by atoms with van der Waals surface area (Å²) < 4.78 is 0. The number of aromatic nitrogens is 2. The zero-order chi connectivity index (χ0) is 24.5. The molecule has 1 saturated carbocycles. The predicted molar refractivity (Wildman–Crippen MR) is 130 cm³/mol. The fourth-order valence-electron chi connectivity index (χ4n) is 4.99. The Balaban J connectivity index is 1.31. The van der Waals surface area contributed by atoms with Gasteiger partial charge in [-0.25, -0.2) is 9.97 Å². The average molecular weight is 476 g/mol. The van der Waals surface area contributed by atoms with Gasteiger partial charge in [0.1, 0.15) is 5.69 Å². The van der Waals surface area contributed by atoms with E-state index in [0.29, 0.717) is 43.3 Å². The Morgan fingerprint density at radius 2 is 1.80 bits per heavy atom. The molecule has 0 spiro atoms. The Hall–Kier alpha value is -3.56. The van der Waals surface area contributed by atoms with Crippen molar-refractivity contribution in [2.45, 2.75) is 63.4 Å². The Labute approximate surface area is 203 Å². The largest absolute Gasteiger partial charge is 0.390 e. The van der Waals surface area contributed by atoms with Crippen molar-refractivity contribution in [3.8, 4) is 0 Å². The molecule has 0 saturated heterocycles. The zero-order valence-corrected chi connectivity index (χ0v) is 19.4. The molecular weight excluding hydrogens is 446 g/mol. The number of carbonyl (C=O) groups excluding carboxylic acids is 2. The summed E-state index contributed by atoms with van der Waals surface area (Å²) in [6, 6.07) is 13.0. The van der Waals surface area contributed by atoms with Crippen molar-refractivity contribution in [1.82, 2.24) is 20.2 Å². The van der Waals surface area contributed by atoms with Crippen molar-refractivity contribution in [3.05, 3.63) is 64.8 Å². The van der Waals surface area contributed by atoms with Gasteiger partial charge in [0.05, 0.1) is 23.8 Å². The van der Waals surface area contributed by atoms with Crippen LogP contribution in [0, 0.1) is 0 Å². The minimum Gasteiger partial charge on any atom is -0.390 e. The molecule has 0 bridgehead atoms. The number of amides is 2. The number of rotatable bonds is 5. The highest BCUT2D eigenvalue weighted by Crippen LogP contribution is 2.27. The number of anilines is 1. The lowest BCUT2D eigenvalue weighted by Crippen LogP contribution is -2.51. The van der Waals surface area contributed by atoms with Gasteiger partial charge >= 0.3 is 0 Å². The zero-order valence-electron chi connectivity index (χ0n) is 19.4. The topological polar surface area (TPSA) is 142 Å². The molecular formula is C26H29N5O4. The van der Waals surface area contributed by atoms with Gasteiger partial charge < -0.3 is 26.2 Å². The fourth-order valence-corrected chi connectivity index (χ4v) is 4.99. The molecule has 0 radical (unpaired) electrons. The molecule has 182 valence electrons. The van der Waals surface area contributed by atoms with Gasteiger partial charge in [-0.05, 0) is 54.5 Å². The van der Waals surface area contributed by atoms with Crippen LogP contribution < -0.4 is 11.1 Å². The minimum atomic E-state index is -0.943. The van der Waals surface area contributed by atoms with Crippen LogP contribution in [0.2, 0.25) is 0 Å². The van der Waals surface area contributed by atoms with Gasteiger partial charge in [0.15, 0.2) is 0 Å². The fraction of sp³-hybridized carbons (Fsp3) is 0.385. The molecule has 2 amide bonds. The van der Waals surface area contributed by atoms with Crippen LogP contribution in [-0.2, 0) is 24.3 Å². The van der Waals surface area contributed by atoms with E-state index in [4.69, 9.17) is 5.73 Å². The van der Waals surface area contributed by atoms with Gasteiger partial charge in [-0.3, -0.25) is 9.59 Å². The van der Waals surface area contributed by atoms with Crippen molar-refractivity contribution in [1.29, 1.82) is 0 Å². The summed E-state index contributed by atoms with van der Waals surface area (Å²) in [6.45, 7) is 1.03. The van der Waals surface area contributed by atoms with E-state index < -0.39 is 18.2 Å². The molecule has 1 aromatic heterocycles. The molecule has 5 N–H and O–H groups in total. The molecule has 1 aliphatic carbocycles. The van der Waals surface area contributed by atoms with Crippen molar-refractivity contribution in [3.63, 3.8) is 0 Å². The first-order valence-corrected chi connectivity index (χ1v) is 12.0. The standard InChI is InChI=1S/C26H29N5O4/c27-26-29-19-10-8-15(9-11-22(33)28-20-6-3-7-21(32)24(20)34)12-18(19)23(30-26)25(35)31-13-16-4-1-2-5-17(16)14-31/h1-2,4-5,8,10,12,20-21,24,32,34H,3,6-7,9,11,13-14H2,(H,28,33)(H2,27,29,30). The second-order valence-corrected chi connectivity index (χ2v) is 9.37. The van der Waals surface area contributed by atoms with Crippen LogP contribution in [-0.4, -0.2) is 55.1 Å². The summed E-state index contributed by atoms with van der Waals surface area (Å²) in [5, 5.41) is 23.4. The third kappa shape index (κ3) is 4.82. The van der Waals surface area contributed by atoms with E-state index in [2.05, 4.69) is 15.3 Å². The summed E-state index contributed by atoms with van der Waals surface area (Å²) in [6.07, 6.45) is 0.857. The average Bonchev–Trinajstić information content (AvgIpc) is 3.29. The van der Waals surface area contributed by atoms with Crippen LogP contribution in [0.4, 0.5) is 5.95 Å². The van der Waals surface area contributed by atoms with E-state index in [1.54, 1.807) is 11.0 Å². The van der Waals surface area contributed by atoms with Gasteiger partial charge in [-0.1, -0.05) is 30.3 Å². The molecule has 2 aromatic carbocycles. The normalized spacial score (nSPS) is 21.7. The number of carbonyl (C=O) groups is 2. The highest BCUT2D eigenvalue weighted by Gasteiger charge is 2.31. The number of aliphatic hydroxyl groups is 2. The molecule has 2 aliphatic rings. The van der Waals surface area contributed by atoms with E-state index in [0.717, 1.165) is 23.1 Å². The second-order valence-electron chi connectivity index (χ2n) is 9.37. The number of hydrogen-bond acceptors (Lipinski definition) is 7. The first-order chi connectivity index (χ1) is 16.9. The highest BCUT2D eigenvalue weighted by molar-refractivity contribution is 6.05. The molecule has 9 nitrogen and oxygen atoms in total. The summed E-state index contributed by atoms with van der Waals surface area (Å²) in [4.78, 5) is 36.2. The van der Waals surface area contributed by atoms with E-state index >= 15 is 0 Å². The first kappa shape index (κ1) is 23.2. The molecule has 1 fully saturated rings. The van der Waals surface area contributed by atoms with E-state index in [1.165, 1.54) is 0 Å². The van der Waals surface area contributed by atoms with E-state index in [9.17, 15) is 19.8 Å². The molecule has 35 heavy (non-hydrogen) atoms. The van der Waals surface area contributed by atoms with Crippen molar-refractivity contribution >= 4 is 28.7 Å². The number of hydrogen-bond donors (Lipinski definition) is 4. The molecule has 2 heterocycles. The van der Waals surface area contributed by atoms with Crippen molar-refractivity contribution < 1.29 is 19.8 Å². The van der Waals surface area contributed by atoms with Gasteiger partial charge in [0.2, 0.25) is 11.9 Å². The van der Waals surface area contributed by atoms with Crippen molar-refractivity contribution in [2.24, 2.45) is 0 Å². The predicted octanol–water partition coefficient (Wildman–Crippen LogP) is 1.69. The molecule has 3 aromatic rings. The first-order valence-electron chi connectivity index (χ1n) is 12.0. The van der Waals surface area contributed by atoms with E-state index in [1.807, 2.05) is 36.4 Å². The summed E-state index contributed by atoms with van der Waals surface area (Å²) in [5.41, 5.74) is 9.84. The molecule has 3 unspecified atom stereocenters. The lowest BCUT2D eigenvalue weighted by molar-refractivity contribution is -0.124. The monoisotopic (exact) mass is 475 g/mol. The third-order valence-corrected chi connectivity index (χ3v) is 6.92. The number of aliphatic hydroxyl groups excluding tert-OH is 2. The van der Waals surface area contributed by atoms with Crippen LogP contribution >= 0.6 is 0 Å². The molecule has 1 aliphatic heterocycles. The SMILES string of the molecule is Nc1nc(C(=O)N2Cc3ccccc3C2)c2cc(CCC(=O)NC3CCCC(O)C3O)ccc2n1. The Morgan fingerprint density at radius 1 is 1.06 bits per heavy atom. The number of nitrogens with zero attached hydrogens (tertiary/aromatic N) is 3. The van der Waals surface area contributed by atoms with Gasteiger partial charge in [-0.15, -0.1) is 0 Å². The third-order valence-electron chi connectivity index (χ3n) is 6.92. The van der Waals surface area contributed by atoms with Crippen LogP contribution in [0.15, 0.2) is 42.5 Å². The number of nitrogens with one attached hydrogen (secondary N) is 1. The molecule has 9 heteroatoms. The lowest BCUT2D eigenvalue weighted by Gasteiger charge is -2.32. The number of benzene rings is 2. The van der Waals surface area contributed by atoms with E-state index in [-0.39, 0.29) is 29.9 Å². The molecule has 5 rings (SSSR count). The number of nitrogen functional groups attached to an aromatic ring is 1. The lowest BCUT2D eigenvalue weighted by atomic mass is 9.90. The van der Waals surface area contributed by atoms with Crippen LogP contribution in [0.5, 0.6) is 0 Å². The maximum atomic E-state index is 13.4. The Bertz CT molecular complexity index is 1250. The van der Waals surface area contributed by atoms with Gasteiger partial charge in [0, 0.05) is 24.9 Å². The van der Waals surface area contributed by atoms with Crippen LogP contribution in [0.1, 0.15) is 52.9 Å². The number of nitrogens with two attached hydrogens (primary N) is 1. The van der Waals surface area contributed by atoms with Gasteiger partial charge in [-0.2, -0.15) is 0 Å². The maximum absolute atomic E-state index is 13.4. The summed E-state index contributed by atoms with van der Waals surface area (Å²) in [5.74, 6) is -0.360.